The van der Waals surface area contributed by atoms with Crippen LogP contribution >= 0.6 is 0 Å². The highest BCUT2D eigenvalue weighted by molar-refractivity contribution is 7.92. The van der Waals surface area contributed by atoms with Crippen LogP contribution in [0.25, 0.3) is 0 Å². The van der Waals surface area contributed by atoms with Gasteiger partial charge in [-0.2, -0.15) is 0 Å². The lowest BCUT2D eigenvalue weighted by molar-refractivity contribution is -0.140. The second kappa shape index (κ2) is 13.3. The lowest BCUT2D eigenvalue weighted by Gasteiger charge is -2.30. The van der Waals surface area contributed by atoms with E-state index in [4.69, 9.17) is 0 Å². The lowest BCUT2D eigenvalue weighted by Crippen LogP contribution is -2.48. The molecule has 1 atom stereocenters. The topological polar surface area (TPSA) is 86.8 Å². The van der Waals surface area contributed by atoms with E-state index >= 15 is 0 Å². The first-order valence-corrected chi connectivity index (χ1v) is 14.1. The van der Waals surface area contributed by atoms with Crippen molar-refractivity contribution in [2.45, 2.75) is 66.0 Å². The SMILES string of the molecule is CCCCNC(=O)[C@H](C)N(Cc1ccccc1C)C(=O)CCCN(c1ccc(C)cc1)S(C)(=O)=O. The third kappa shape index (κ3) is 8.69. The van der Waals surface area contributed by atoms with E-state index in [1.54, 1.807) is 24.0 Å². The lowest BCUT2D eigenvalue weighted by atomic mass is 10.1. The minimum Gasteiger partial charge on any atom is -0.354 e. The van der Waals surface area contributed by atoms with Gasteiger partial charge in [-0.25, -0.2) is 8.42 Å². The molecule has 0 bridgehead atoms. The van der Waals surface area contributed by atoms with Crippen LogP contribution in [0.1, 0.15) is 56.2 Å². The van der Waals surface area contributed by atoms with E-state index in [1.165, 1.54) is 10.6 Å². The number of hydrogen-bond donors (Lipinski definition) is 1. The van der Waals surface area contributed by atoms with Crippen molar-refractivity contribution < 1.29 is 18.0 Å². The van der Waals surface area contributed by atoms with E-state index in [2.05, 4.69) is 12.2 Å². The Morgan fingerprint density at radius 1 is 1.00 bits per heavy atom. The fourth-order valence-electron chi connectivity index (χ4n) is 3.80. The Morgan fingerprint density at radius 3 is 2.26 bits per heavy atom. The number of nitrogens with zero attached hydrogens (tertiary/aromatic N) is 2. The fraction of sp³-hybridized carbons (Fsp3) is 0.481. The van der Waals surface area contributed by atoms with Crippen LogP contribution in [0.3, 0.4) is 0 Å². The van der Waals surface area contributed by atoms with Gasteiger partial charge in [0.1, 0.15) is 6.04 Å². The number of carbonyl (C=O) groups is 2. The van der Waals surface area contributed by atoms with Gasteiger partial charge in [-0.15, -0.1) is 0 Å². The van der Waals surface area contributed by atoms with Gasteiger partial charge in [-0.05, 0) is 56.9 Å². The van der Waals surface area contributed by atoms with Crippen LogP contribution in [0.4, 0.5) is 5.69 Å². The fourth-order valence-corrected chi connectivity index (χ4v) is 4.77. The highest BCUT2D eigenvalue weighted by atomic mass is 32.2. The van der Waals surface area contributed by atoms with Gasteiger partial charge in [0, 0.05) is 26.1 Å². The molecule has 8 heteroatoms. The van der Waals surface area contributed by atoms with Gasteiger partial charge in [0.2, 0.25) is 21.8 Å². The molecule has 0 spiro atoms. The molecule has 2 aromatic rings. The summed E-state index contributed by atoms with van der Waals surface area (Å²) in [5.41, 5.74) is 3.64. The van der Waals surface area contributed by atoms with E-state index in [9.17, 15) is 18.0 Å². The quantitative estimate of drug-likeness (QED) is 0.417. The molecular formula is C27H39N3O4S. The largest absolute Gasteiger partial charge is 0.354 e. The van der Waals surface area contributed by atoms with Crippen molar-refractivity contribution in [3.63, 3.8) is 0 Å². The highest BCUT2D eigenvalue weighted by Crippen LogP contribution is 2.20. The van der Waals surface area contributed by atoms with Crippen LogP contribution in [-0.2, 0) is 26.2 Å². The van der Waals surface area contributed by atoms with Crippen LogP contribution in [0.2, 0.25) is 0 Å². The van der Waals surface area contributed by atoms with Crippen molar-refractivity contribution in [1.29, 1.82) is 0 Å². The highest BCUT2D eigenvalue weighted by Gasteiger charge is 2.26. The van der Waals surface area contributed by atoms with Gasteiger partial charge in [0.25, 0.3) is 0 Å². The van der Waals surface area contributed by atoms with Gasteiger partial charge in [0.05, 0.1) is 11.9 Å². The molecule has 0 aliphatic carbocycles. The van der Waals surface area contributed by atoms with E-state index in [0.29, 0.717) is 25.2 Å². The summed E-state index contributed by atoms with van der Waals surface area (Å²) in [7, 11) is -3.50. The second-order valence-corrected chi connectivity index (χ2v) is 10.9. The maximum Gasteiger partial charge on any atom is 0.242 e. The Balaban J connectivity index is 2.14. The number of anilines is 1. The summed E-state index contributed by atoms with van der Waals surface area (Å²) in [4.78, 5) is 27.7. The van der Waals surface area contributed by atoms with E-state index in [0.717, 1.165) is 29.5 Å². The second-order valence-electron chi connectivity index (χ2n) is 9.04. The van der Waals surface area contributed by atoms with Gasteiger partial charge in [0.15, 0.2) is 0 Å². The molecule has 0 radical (unpaired) electrons. The molecule has 2 amide bonds. The Labute approximate surface area is 210 Å². The van der Waals surface area contributed by atoms with E-state index in [-0.39, 0.29) is 24.8 Å². The number of hydrogen-bond acceptors (Lipinski definition) is 4. The number of aryl methyl sites for hydroxylation is 2. The predicted octanol–water partition coefficient (Wildman–Crippen LogP) is 4.18. The monoisotopic (exact) mass is 501 g/mol. The minimum atomic E-state index is -3.50. The zero-order chi connectivity index (χ0) is 26.0. The summed E-state index contributed by atoms with van der Waals surface area (Å²) in [6.07, 6.45) is 3.50. The Morgan fingerprint density at radius 2 is 1.66 bits per heavy atom. The number of amides is 2. The summed E-state index contributed by atoms with van der Waals surface area (Å²) in [5, 5.41) is 2.92. The maximum absolute atomic E-state index is 13.3. The zero-order valence-electron chi connectivity index (χ0n) is 21.6. The molecule has 0 unspecified atom stereocenters. The van der Waals surface area contributed by atoms with Crippen molar-refractivity contribution >= 4 is 27.5 Å². The molecule has 35 heavy (non-hydrogen) atoms. The number of unbranched alkanes of at least 4 members (excludes halogenated alkanes) is 1. The van der Waals surface area contributed by atoms with Crippen LogP contribution in [0, 0.1) is 13.8 Å². The molecule has 0 saturated carbocycles. The van der Waals surface area contributed by atoms with Gasteiger partial charge in [-0.3, -0.25) is 13.9 Å². The molecule has 0 fully saturated rings. The molecule has 7 nitrogen and oxygen atoms in total. The first-order chi connectivity index (χ1) is 16.5. The Bertz CT molecular complexity index is 1080. The molecule has 2 aromatic carbocycles. The summed E-state index contributed by atoms with van der Waals surface area (Å²) in [6.45, 7) is 8.80. The smallest absolute Gasteiger partial charge is 0.242 e. The molecule has 2 rings (SSSR count). The van der Waals surface area contributed by atoms with Crippen molar-refractivity contribution in [3.05, 3.63) is 65.2 Å². The average molecular weight is 502 g/mol. The van der Waals surface area contributed by atoms with Gasteiger partial charge >= 0.3 is 0 Å². The Hall–Kier alpha value is -2.87. The van der Waals surface area contributed by atoms with Crippen LogP contribution in [0.15, 0.2) is 48.5 Å². The van der Waals surface area contributed by atoms with Crippen molar-refractivity contribution in [2.24, 2.45) is 0 Å². The van der Waals surface area contributed by atoms with Crippen LogP contribution < -0.4 is 9.62 Å². The molecule has 1 N–H and O–H groups in total. The molecule has 0 aromatic heterocycles. The van der Waals surface area contributed by atoms with E-state index in [1.807, 2.05) is 50.2 Å². The summed E-state index contributed by atoms with van der Waals surface area (Å²) < 4.78 is 26.1. The average Bonchev–Trinajstić information content (AvgIpc) is 2.81. The third-order valence-corrected chi connectivity index (χ3v) is 7.27. The maximum atomic E-state index is 13.3. The first-order valence-electron chi connectivity index (χ1n) is 12.2. The molecule has 0 heterocycles. The molecule has 0 saturated heterocycles. The minimum absolute atomic E-state index is 0.135. The molecule has 0 aliphatic heterocycles. The van der Waals surface area contributed by atoms with Crippen molar-refractivity contribution in [3.8, 4) is 0 Å². The number of carbonyl (C=O) groups excluding carboxylic acids is 2. The summed E-state index contributed by atoms with van der Waals surface area (Å²) >= 11 is 0. The van der Waals surface area contributed by atoms with Crippen molar-refractivity contribution in [1.82, 2.24) is 10.2 Å². The standard InChI is InChI=1S/C27H39N3O4S/c1-6-7-18-28-27(32)23(4)29(20-24-12-9-8-11-22(24)3)26(31)13-10-19-30(35(5,33)34)25-16-14-21(2)15-17-25/h8-9,11-12,14-17,23H,6-7,10,13,18-20H2,1-5H3,(H,28,32)/t23-/m0/s1. The predicted molar refractivity (Wildman–Crippen MR) is 142 cm³/mol. The Kier molecular flexibility index (Phi) is 10.8. The summed E-state index contributed by atoms with van der Waals surface area (Å²) in [6, 6.07) is 14.4. The zero-order valence-corrected chi connectivity index (χ0v) is 22.4. The molecule has 192 valence electrons. The summed E-state index contributed by atoms with van der Waals surface area (Å²) in [5.74, 6) is -0.360. The first kappa shape index (κ1) is 28.4. The molecular weight excluding hydrogens is 462 g/mol. The van der Waals surface area contributed by atoms with Crippen LogP contribution in [0.5, 0.6) is 0 Å². The number of benzene rings is 2. The number of nitrogens with one attached hydrogen (secondary N) is 1. The van der Waals surface area contributed by atoms with Crippen molar-refractivity contribution in [2.75, 3.05) is 23.7 Å². The van der Waals surface area contributed by atoms with Crippen LogP contribution in [-0.4, -0.2) is 50.5 Å². The number of rotatable bonds is 13. The van der Waals surface area contributed by atoms with Gasteiger partial charge in [-0.1, -0.05) is 55.3 Å². The van der Waals surface area contributed by atoms with Gasteiger partial charge < -0.3 is 10.2 Å². The molecule has 0 aliphatic rings. The van der Waals surface area contributed by atoms with E-state index < -0.39 is 16.1 Å². The number of sulfonamides is 1. The third-order valence-electron chi connectivity index (χ3n) is 6.07. The normalized spacial score (nSPS) is 12.1.